The molecule has 1 aliphatic heterocycles. The minimum Gasteiger partial charge on any atom is -0.340 e. The summed E-state index contributed by atoms with van der Waals surface area (Å²) >= 11 is 0. The van der Waals surface area contributed by atoms with Crippen molar-refractivity contribution < 1.29 is 9.59 Å². The minimum atomic E-state index is 0.00172. The van der Waals surface area contributed by atoms with Crippen molar-refractivity contribution in [3.8, 4) is 0 Å². The van der Waals surface area contributed by atoms with Gasteiger partial charge in [0.2, 0.25) is 5.91 Å². The number of fused-ring (bicyclic) bond motifs is 3. The van der Waals surface area contributed by atoms with E-state index in [0.717, 1.165) is 73.1 Å². The number of piperazine rings is 1. The van der Waals surface area contributed by atoms with Crippen LogP contribution in [-0.4, -0.2) is 70.7 Å². The molecule has 170 valence electrons. The third-order valence-electron chi connectivity index (χ3n) is 6.56. The summed E-state index contributed by atoms with van der Waals surface area (Å²) in [6.07, 6.45) is 3.23. The molecule has 0 saturated carbocycles. The Morgan fingerprint density at radius 2 is 1.88 bits per heavy atom. The van der Waals surface area contributed by atoms with Crippen molar-refractivity contribution in [2.75, 3.05) is 33.2 Å². The fraction of sp³-hybridized carbons (Fsp3) is 0.480. The molecule has 1 fully saturated rings. The number of likely N-dealkylation sites (N-methyl/N-ethyl adjacent to an activating group) is 1. The van der Waals surface area contributed by atoms with Crippen LogP contribution in [0.2, 0.25) is 0 Å². The molecule has 1 amide bonds. The molecule has 1 unspecified atom stereocenters. The van der Waals surface area contributed by atoms with E-state index < -0.39 is 0 Å². The Balaban J connectivity index is 1.44. The number of carbonyl (C=O) groups excluding carboxylic acids is 2. The number of carbonyl (C=O) groups is 2. The summed E-state index contributed by atoms with van der Waals surface area (Å²) in [7, 11) is 2.06. The maximum absolute atomic E-state index is 12.8. The van der Waals surface area contributed by atoms with Gasteiger partial charge in [-0.15, -0.1) is 0 Å². The Morgan fingerprint density at radius 1 is 1.09 bits per heavy atom. The lowest BCUT2D eigenvalue weighted by atomic mass is 10.0. The molecule has 0 aliphatic carbocycles. The highest BCUT2D eigenvalue weighted by Gasteiger charge is 2.20. The average molecular weight is 436 g/mol. The first-order chi connectivity index (χ1) is 15.4. The second-order valence-electron chi connectivity index (χ2n) is 8.90. The predicted molar refractivity (Wildman–Crippen MR) is 128 cm³/mol. The van der Waals surface area contributed by atoms with E-state index in [1.54, 1.807) is 0 Å². The molecule has 1 aromatic carbocycles. The number of hydrogen-bond donors (Lipinski definition) is 2. The molecule has 3 aromatic rings. The van der Waals surface area contributed by atoms with E-state index in [1.165, 1.54) is 0 Å². The minimum absolute atomic E-state index is 0.00172. The fourth-order valence-corrected chi connectivity index (χ4v) is 4.24. The summed E-state index contributed by atoms with van der Waals surface area (Å²) in [4.78, 5) is 37.5. The highest BCUT2D eigenvalue weighted by Crippen LogP contribution is 2.26. The normalized spacial score (nSPS) is 16.0. The van der Waals surface area contributed by atoms with Gasteiger partial charge in [-0.2, -0.15) is 0 Å². The Labute approximate surface area is 189 Å². The molecular formula is C25H33N5O2. The van der Waals surface area contributed by atoms with Crippen LogP contribution in [0.5, 0.6) is 0 Å². The molecule has 7 nitrogen and oxygen atoms in total. The second-order valence-corrected chi connectivity index (χ2v) is 8.90. The summed E-state index contributed by atoms with van der Waals surface area (Å²) in [5.74, 6) is 0.0704. The van der Waals surface area contributed by atoms with Crippen molar-refractivity contribution in [1.29, 1.82) is 0 Å². The quantitative estimate of drug-likeness (QED) is 0.530. The van der Waals surface area contributed by atoms with Crippen LogP contribution < -0.4 is 5.73 Å². The summed E-state index contributed by atoms with van der Waals surface area (Å²) < 4.78 is 0. The smallest absolute Gasteiger partial charge is 0.223 e. The first kappa shape index (κ1) is 22.4. The van der Waals surface area contributed by atoms with Crippen molar-refractivity contribution in [2.24, 2.45) is 5.73 Å². The van der Waals surface area contributed by atoms with Gasteiger partial charge in [0, 0.05) is 72.6 Å². The Hall–Kier alpha value is -2.77. The SMILES string of the molecule is CCC(N)CCc1ccc2c(n1)[nH]c1ccc(C(=O)CCC(=O)N3CCN(C)CC3)cc12. The number of nitrogens with zero attached hydrogens (tertiary/aromatic N) is 3. The molecule has 1 aliphatic rings. The largest absolute Gasteiger partial charge is 0.340 e. The number of nitrogens with two attached hydrogens (primary N) is 1. The second kappa shape index (κ2) is 9.79. The zero-order valence-electron chi connectivity index (χ0n) is 19.1. The predicted octanol–water partition coefficient (Wildman–Crippen LogP) is 3.12. The zero-order valence-corrected chi connectivity index (χ0v) is 19.1. The van der Waals surface area contributed by atoms with Gasteiger partial charge in [-0.05, 0) is 56.6 Å². The van der Waals surface area contributed by atoms with Crippen LogP contribution in [0.4, 0.5) is 0 Å². The fourth-order valence-electron chi connectivity index (χ4n) is 4.24. The highest BCUT2D eigenvalue weighted by atomic mass is 16.2. The van der Waals surface area contributed by atoms with E-state index in [0.29, 0.717) is 5.56 Å². The van der Waals surface area contributed by atoms with Crippen molar-refractivity contribution >= 4 is 33.6 Å². The average Bonchev–Trinajstić information content (AvgIpc) is 3.18. The molecule has 0 spiro atoms. The molecular weight excluding hydrogens is 402 g/mol. The number of Topliss-reactive ketones (excluding diaryl/α,β-unsaturated/α-hetero) is 1. The number of hydrogen-bond acceptors (Lipinski definition) is 5. The van der Waals surface area contributed by atoms with Crippen LogP contribution >= 0.6 is 0 Å². The van der Waals surface area contributed by atoms with E-state index >= 15 is 0 Å². The van der Waals surface area contributed by atoms with Gasteiger partial charge in [-0.3, -0.25) is 9.59 Å². The van der Waals surface area contributed by atoms with Crippen LogP contribution in [0, 0.1) is 0 Å². The Bertz CT molecular complexity index is 1110. The number of rotatable bonds is 8. The van der Waals surface area contributed by atoms with Crippen molar-refractivity contribution in [3.63, 3.8) is 0 Å². The number of aromatic nitrogens is 2. The number of amides is 1. The molecule has 0 bridgehead atoms. The van der Waals surface area contributed by atoms with Crippen LogP contribution in [0.3, 0.4) is 0 Å². The molecule has 7 heteroatoms. The van der Waals surface area contributed by atoms with Gasteiger partial charge in [-0.1, -0.05) is 6.92 Å². The van der Waals surface area contributed by atoms with Crippen LogP contribution in [0.15, 0.2) is 30.3 Å². The van der Waals surface area contributed by atoms with Gasteiger partial charge in [-0.25, -0.2) is 4.98 Å². The van der Waals surface area contributed by atoms with Gasteiger partial charge < -0.3 is 20.5 Å². The topological polar surface area (TPSA) is 95.3 Å². The number of aryl methyl sites for hydroxylation is 1. The first-order valence-electron chi connectivity index (χ1n) is 11.6. The molecule has 0 radical (unpaired) electrons. The summed E-state index contributed by atoms with van der Waals surface area (Å²) in [5, 5.41) is 1.99. The lowest BCUT2D eigenvalue weighted by Crippen LogP contribution is -2.47. The number of ketones is 1. The van der Waals surface area contributed by atoms with Gasteiger partial charge in [0.15, 0.2) is 5.78 Å². The molecule has 32 heavy (non-hydrogen) atoms. The monoisotopic (exact) mass is 435 g/mol. The molecule has 3 N–H and O–H groups in total. The van der Waals surface area contributed by atoms with Crippen LogP contribution in [-0.2, 0) is 11.2 Å². The molecule has 2 aromatic heterocycles. The molecule has 4 rings (SSSR count). The number of benzene rings is 1. The van der Waals surface area contributed by atoms with Gasteiger partial charge in [0.05, 0.1) is 0 Å². The van der Waals surface area contributed by atoms with Gasteiger partial charge in [0.1, 0.15) is 5.65 Å². The third-order valence-corrected chi connectivity index (χ3v) is 6.56. The lowest BCUT2D eigenvalue weighted by Gasteiger charge is -2.32. The van der Waals surface area contributed by atoms with E-state index in [1.807, 2.05) is 29.2 Å². The summed E-state index contributed by atoms with van der Waals surface area (Å²) in [6, 6.07) is 10.00. The van der Waals surface area contributed by atoms with Crippen LogP contribution in [0.1, 0.15) is 48.7 Å². The standard InChI is InChI=1S/C25H33N5O2/c1-3-18(26)5-6-19-7-8-20-21-16-17(4-9-22(21)28-25(20)27-19)23(31)10-11-24(32)30-14-12-29(2)13-15-30/h4,7-9,16,18H,3,5-6,10-15,26H2,1-2H3,(H,27,28). The number of aromatic amines is 1. The summed E-state index contributed by atoms with van der Waals surface area (Å²) in [5.41, 5.74) is 9.49. The number of nitrogens with one attached hydrogen (secondary N) is 1. The van der Waals surface area contributed by atoms with Crippen molar-refractivity contribution in [2.45, 2.75) is 45.1 Å². The van der Waals surface area contributed by atoms with E-state index in [2.05, 4.69) is 29.9 Å². The molecule has 3 heterocycles. The van der Waals surface area contributed by atoms with Crippen LogP contribution in [0.25, 0.3) is 21.9 Å². The first-order valence-corrected chi connectivity index (χ1v) is 11.6. The third kappa shape index (κ3) is 5.00. The van der Waals surface area contributed by atoms with Crippen molar-refractivity contribution in [1.82, 2.24) is 19.8 Å². The van der Waals surface area contributed by atoms with E-state index in [-0.39, 0.29) is 30.6 Å². The summed E-state index contributed by atoms with van der Waals surface area (Å²) in [6.45, 7) is 5.35. The van der Waals surface area contributed by atoms with Gasteiger partial charge in [0.25, 0.3) is 0 Å². The zero-order chi connectivity index (χ0) is 22.7. The van der Waals surface area contributed by atoms with E-state index in [9.17, 15) is 9.59 Å². The maximum Gasteiger partial charge on any atom is 0.223 e. The maximum atomic E-state index is 12.8. The van der Waals surface area contributed by atoms with Gasteiger partial charge >= 0.3 is 0 Å². The number of pyridine rings is 1. The Kier molecular flexibility index (Phi) is 6.86. The molecule has 1 atom stereocenters. The highest BCUT2D eigenvalue weighted by molar-refractivity contribution is 6.09. The Morgan fingerprint density at radius 3 is 2.62 bits per heavy atom. The lowest BCUT2D eigenvalue weighted by molar-refractivity contribution is -0.132. The van der Waals surface area contributed by atoms with Crippen molar-refractivity contribution in [3.05, 3.63) is 41.6 Å². The van der Waals surface area contributed by atoms with E-state index in [4.69, 9.17) is 10.7 Å². The molecule has 1 saturated heterocycles. The number of H-pyrrole nitrogens is 1.